The van der Waals surface area contributed by atoms with Gasteiger partial charge in [0.05, 0.1) is 11.3 Å². The monoisotopic (exact) mass is 289 g/mol. The highest BCUT2D eigenvalue weighted by Crippen LogP contribution is 2.32. The number of nitrogens with zero attached hydrogens (tertiary/aromatic N) is 2. The summed E-state index contributed by atoms with van der Waals surface area (Å²) < 4.78 is 0. The van der Waals surface area contributed by atoms with Gasteiger partial charge in [-0.05, 0) is 30.3 Å². The molecule has 0 spiro atoms. The summed E-state index contributed by atoms with van der Waals surface area (Å²) in [6.07, 6.45) is 0. The molecule has 3 rings (SSSR count). The fourth-order valence-corrected chi connectivity index (χ4v) is 2.19. The lowest BCUT2D eigenvalue weighted by molar-refractivity contribution is 0.0697. The first kappa shape index (κ1) is 13.6. The second kappa shape index (κ2) is 5.54. The van der Waals surface area contributed by atoms with E-state index in [1.165, 1.54) is 12.1 Å². The molecular formula is C17H11N3O2. The number of hydrogen-bond donors (Lipinski definition) is 2. The normalized spacial score (nSPS) is 10.1. The van der Waals surface area contributed by atoms with Crippen LogP contribution in [0.15, 0.2) is 54.6 Å². The number of nitriles is 1. The Bertz CT molecular complexity index is 851. The summed E-state index contributed by atoms with van der Waals surface area (Å²) in [5.74, 6) is -0.513. The van der Waals surface area contributed by atoms with Gasteiger partial charge in [0.15, 0.2) is 0 Å². The Labute approximate surface area is 126 Å². The van der Waals surface area contributed by atoms with E-state index in [-0.39, 0.29) is 5.56 Å². The molecule has 0 amide bonds. The molecule has 1 heterocycles. The predicted molar refractivity (Wildman–Crippen MR) is 82.3 cm³/mol. The van der Waals surface area contributed by atoms with E-state index in [2.05, 4.69) is 16.4 Å². The van der Waals surface area contributed by atoms with Crippen LogP contribution in [-0.2, 0) is 0 Å². The van der Waals surface area contributed by atoms with Gasteiger partial charge in [0.2, 0.25) is 0 Å². The second-order valence-electron chi connectivity index (χ2n) is 4.66. The van der Waals surface area contributed by atoms with Gasteiger partial charge < -0.3 is 10.4 Å². The quantitative estimate of drug-likeness (QED) is 0.770. The molecule has 2 aliphatic rings. The number of benzene rings is 1. The molecule has 0 saturated carbocycles. The third-order valence-corrected chi connectivity index (χ3v) is 3.26. The third kappa shape index (κ3) is 2.45. The van der Waals surface area contributed by atoms with Crippen molar-refractivity contribution < 1.29 is 9.90 Å². The van der Waals surface area contributed by atoms with Crippen LogP contribution in [0.4, 0.5) is 11.5 Å². The van der Waals surface area contributed by atoms with Crippen LogP contribution < -0.4 is 5.32 Å². The van der Waals surface area contributed by atoms with Gasteiger partial charge in [-0.2, -0.15) is 5.26 Å². The molecule has 0 aromatic heterocycles. The number of carbonyl (C=O) groups is 1. The van der Waals surface area contributed by atoms with Crippen molar-refractivity contribution in [2.45, 2.75) is 0 Å². The van der Waals surface area contributed by atoms with E-state index < -0.39 is 5.97 Å². The zero-order chi connectivity index (χ0) is 15.5. The van der Waals surface area contributed by atoms with Crippen molar-refractivity contribution in [2.24, 2.45) is 0 Å². The van der Waals surface area contributed by atoms with E-state index in [1.807, 2.05) is 30.3 Å². The fraction of sp³-hybridized carbons (Fsp3) is 0. The van der Waals surface area contributed by atoms with Crippen LogP contribution in [0.5, 0.6) is 0 Å². The summed E-state index contributed by atoms with van der Waals surface area (Å²) in [5.41, 5.74) is 2.85. The molecule has 1 aliphatic heterocycles. The first-order chi connectivity index (χ1) is 10.7. The maximum absolute atomic E-state index is 10.8. The van der Waals surface area contributed by atoms with Crippen molar-refractivity contribution in [1.29, 1.82) is 5.26 Å². The largest absolute Gasteiger partial charge is 0.478 e. The third-order valence-electron chi connectivity index (χ3n) is 3.26. The minimum atomic E-state index is -0.978. The summed E-state index contributed by atoms with van der Waals surface area (Å²) >= 11 is 0. The predicted octanol–water partition coefficient (Wildman–Crippen LogP) is 3.50. The molecule has 0 bridgehead atoms. The molecule has 2 N–H and O–H groups in total. The van der Waals surface area contributed by atoms with E-state index in [1.54, 1.807) is 12.1 Å². The van der Waals surface area contributed by atoms with E-state index in [9.17, 15) is 10.1 Å². The van der Waals surface area contributed by atoms with Crippen LogP contribution in [0.25, 0.3) is 11.3 Å². The Kier molecular flexibility index (Phi) is 3.42. The van der Waals surface area contributed by atoms with E-state index in [4.69, 9.17) is 5.11 Å². The molecule has 5 nitrogen and oxygen atoms in total. The first-order valence-corrected chi connectivity index (χ1v) is 6.58. The number of anilines is 2. The Hall–Kier alpha value is -3.39. The van der Waals surface area contributed by atoms with Gasteiger partial charge in [0, 0.05) is 11.3 Å². The second-order valence-corrected chi connectivity index (χ2v) is 4.66. The molecule has 1 aliphatic carbocycles. The number of nitrogens with one attached hydrogen (secondary N) is 1. The molecule has 0 radical (unpaired) electrons. The van der Waals surface area contributed by atoms with Crippen LogP contribution in [0, 0.1) is 11.3 Å². The van der Waals surface area contributed by atoms with Crippen molar-refractivity contribution in [3.05, 3.63) is 65.7 Å². The number of aromatic nitrogens is 1. The van der Waals surface area contributed by atoms with Gasteiger partial charge in [0.1, 0.15) is 17.5 Å². The molecule has 1 aromatic carbocycles. The Morgan fingerprint density at radius 3 is 2.50 bits per heavy atom. The topological polar surface area (TPSA) is 86.0 Å². The molecule has 0 unspecified atom stereocenters. The van der Waals surface area contributed by atoms with Crippen molar-refractivity contribution in [2.75, 3.05) is 5.32 Å². The number of fused-ring (bicyclic) bond motifs is 1. The molecule has 22 heavy (non-hydrogen) atoms. The lowest BCUT2D eigenvalue weighted by atomic mass is 10.1. The Morgan fingerprint density at radius 2 is 1.82 bits per heavy atom. The fourth-order valence-electron chi connectivity index (χ4n) is 2.19. The Morgan fingerprint density at radius 1 is 1.09 bits per heavy atom. The summed E-state index contributed by atoms with van der Waals surface area (Å²) in [6, 6.07) is 17.7. The molecule has 106 valence electrons. The first-order valence-electron chi connectivity index (χ1n) is 6.58. The van der Waals surface area contributed by atoms with Gasteiger partial charge >= 0.3 is 5.97 Å². The van der Waals surface area contributed by atoms with Crippen molar-refractivity contribution in [1.82, 2.24) is 4.98 Å². The zero-order valence-corrected chi connectivity index (χ0v) is 11.4. The number of carboxylic acid groups (broad SMARTS) is 1. The lowest BCUT2D eigenvalue weighted by Gasteiger charge is -2.04. The summed E-state index contributed by atoms with van der Waals surface area (Å²) in [4.78, 5) is 15.3. The van der Waals surface area contributed by atoms with Crippen LogP contribution in [-0.4, -0.2) is 16.1 Å². The lowest BCUT2D eigenvalue weighted by Crippen LogP contribution is -1.97. The minimum Gasteiger partial charge on any atom is -0.478 e. The van der Waals surface area contributed by atoms with Crippen LogP contribution in [0.1, 0.15) is 15.9 Å². The number of carboxylic acids is 1. The SMILES string of the molecule is N#Cc1c2cccccc-2nc1Nc1ccc(C(=O)O)cc1. The van der Waals surface area contributed by atoms with Gasteiger partial charge in [-0.3, -0.25) is 0 Å². The summed E-state index contributed by atoms with van der Waals surface area (Å²) in [6.45, 7) is 0. The molecular weight excluding hydrogens is 278 g/mol. The molecule has 1 aromatic rings. The average molecular weight is 289 g/mol. The number of aromatic carboxylic acids is 1. The van der Waals surface area contributed by atoms with Crippen LogP contribution in [0.3, 0.4) is 0 Å². The Balaban J connectivity index is 1.99. The van der Waals surface area contributed by atoms with E-state index >= 15 is 0 Å². The summed E-state index contributed by atoms with van der Waals surface area (Å²) in [5, 5.41) is 21.3. The smallest absolute Gasteiger partial charge is 0.335 e. The number of hydrogen-bond acceptors (Lipinski definition) is 4. The highest BCUT2D eigenvalue weighted by molar-refractivity contribution is 5.88. The standard InChI is InChI=1S/C17H11N3O2/c18-10-14-13-4-2-1-3-5-15(13)20-16(14)19-12-8-6-11(7-9-12)17(21)22/h1-9H,(H,19,20)(H,21,22). The van der Waals surface area contributed by atoms with Crippen LogP contribution in [0.2, 0.25) is 0 Å². The highest BCUT2D eigenvalue weighted by atomic mass is 16.4. The molecule has 0 fully saturated rings. The molecule has 0 saturated heterocycles. The minimum absolute atomic E-state index is 0.207. The van der Waals surface area contributed by atoms with Crippen molar-refractivity contribution in [3.63, 3.8) is 0 Å². The van der Waals surface area contributed by atoms with Gasteiger partial charge in [0.25, 0.3) is 0 Å². The maximum atomic E-state index is 10.8. The van der Waals surface area contributed by atoms with Gasteiger partial charge in [-0.1, -0.05) is 24.3 Å². The summed E-state index contributed by atoms with van der Waals surface area (Å²) in [7, 11) is 0. The van der Waals surface area contributed by atoms with Gasteiger partial charge in [-0.15, -0.1) is 0 Å². The molecule has 0 atom stereocenters. The highest BCUT2D eigenvalue weighted by Gasteiger charge is 2.16. The number of rotatable bonds is 3. The van der Waals surface area contributed by atoms with Crippen molar-refractivity contribution >= 4 is 17.5 Å². The van der Waals surface area contributed by atoms with Gasteiger partial charge in [-0.25, -0.2) is 9.78 Å². The molecule has 5 heteroatoms. The maximum Gasteiger partial charge on any atom is 0.335 e. The van der Waals surface area contributed by atoms with E-state index in [0.29, 0.717) is 17.1 Å². The average Bonchev–Trinajstić information content (AvgIpc) is 2.68. The van der Waals surface area contributed by atoms with Crippen molar-refractivity contribution in [3.8, 4) is 17.3 Å². The van der Waals surface area contributed by atoms with Crippen LogP contribution >= 0.6 is 0 Å². The van der Waals surface area contributed by atoms with E-state index in [0.717, 1.165) is 11.3 Å². The zero-order valence-electron chi connectivity index (χ0n) is 11.4.